The Bertz CT molecular complexity index is 448. The van der Waals surface area contributed by atoms with Gasteiger partial charge in [-0.25, -0.2) is 9.18 Å². The molecule has 0 aromatic carbocycles. The molecule has 0 saturated carbocycles. The highest BCUT2D eigenvalue weighted by Crippen LogP contribution is 2.21. The zero-order valence-corrected chi connectivity index (χ0v) is 8.72. The molecule has 2 atom stereocenters. The largest absolute Gasteiger partial charge is 0.381 e. The van der Waals surface area contributed by atoms with E-state index in [4.69, 9.17) is 15.2 Å². The third kappa shape index (κ3) is 1.91. The fraction of sp³-hybridized carbons (Fsp3) is 0.556. The lowest BCUT2D eigenvalue weighted by molar-refractivity contribution is -0.0732. The summed E-state index contributed by atoms with van der Waals surface area (Å²) in [5, 5.41) is 0. The molecule has 16 heavy (non-hydrogen) atoms. The molecule has 0 aliphatic carbocycles. The van der Waals surface area contributed by atoms with Gasteiger partial charge in [-0.1, -0.05) is 6.92 Å². The Hall–Kier alpha value is -1.47. The fourth-order valence-corrected chi connectivity index (χ4v) is 1.47. The average Bonchev–Trinajstić information content (AvgIpc) is 2.71. The van der Waals surface area contributed by atoms with Crippen LogP contribution < -0.4 is 11.4 Å². The molecule has 1 aliphatic heterocycles. The van der Waals surface area contributed by atoms with Crippen LogP contribution in [0.15, 0.2) is 11.0 Å². The summed E-state index contributed by atoms with van der Waals surface area (Å²) in [5.74, 6) is -1.16. The van der Waals surface area contributed by atoms with Crippen LogP contribution in [0.3, 0.4) is 0 Å². The van der Waals surface area contributed by atoms with Crippen LogP contribution >= 0.6 is 0 Å². The number of nitrogens with two attached hydrogens (primary N) is 1. The summed E-state index contributed by atoms with van der Waals surface area (Å²) in [5.41, 5.74) is 4.52. The number of ether oxygens (including phenoxy) is 2. The fourth-order valence-electron chi connectivity index (χ4n) is 1.47. The quantitative estimate of drug-likeness (QED) is 0.786. The van der Waals surface area contributed by atoms with Crippen LogP contribution in [-0.2, 0) is 9.47 Å². The van der Waals surface area contributed by atoms with Gasteiger partial charge in [0.1, 0.15) is 0 Å². The van der Waals surface area contributed by atoms with E-state index in [0.29, 0.717) is 6.42 Å². The van der Waals surface area contributed by atoms with Crippen LogP contribution in [0.25, 0.3) is 0 Å². The summed E-state index contributed by atoms with van der Waals surface area (Å²) < 4.78 is 24.8. The molecule has 2 rings (SSSR count). The third-order valence-corrected chi connectivity index (χ3v) is 2.31. The van der Waals surface area contributed by atoms with Crippen molar-refractivity contribution in [3.8, 4) is 0 Å². The topological polar surface area (TPSA) is 79.4 Å². The molecule has 88 valence electrons. The van der Waals surface area contributed by atoms with E-state index >= 15 is 0 Å². The van der Waals surface area contributed by atoms with Crippen molar-refractivity contribution in [1.82, 2.24) is 9.55 Å². The number of anilines is 1. The van der Waals surface area contributed by atoms with E-state index in [1.807, 2.05) is 6.92 Å². The maximum Gasteiger partial charge on any atom is 0.351 e. The zero-order chi connectivity index (χ0) is 11.7. The van der Waals surface area contributed by atoms with E-state index in [2.05, 4.69) is 4.98 Å². The minimum absolute atomic E-state index is 0.198. The lowest BCUT2D eigenvalue weighted by atomic mass is 10.5. The number of nitrogens with zero attached hydrogens (tertiary/aromatic N) is 2. The minimum Gasteiger partial charge on any atom is -0.381 e. The summed E-state index contributed by atoms with van der Waals surface area (Å²) in [4.78, 5) is 14.8. The van der Waals surface area contributed by atoms with Gasteiger partial charge in [0, 0.05) is 0 Å². The second kappa shape index (κ2) is 4.18. The average molecular weight is 229 g/mol. The van der Waals surface area contributed by atoms with E-state index in [1.165, 1.54) is 0 Å². The van der Waals surface area contributed by atoms with Gasteiger partial charge in [0.15, 0.2) is 24.2 Å². The molecule has 1 aromatic rings. The van der Waals surface area contributed by atoms with Crippen LogP contribution in [0.1, 0.15) is 19.6 Å². The predicted molar refractivity (Wildman–Crippen MR) is 53.0 cm³/mol. The van der Waals surface area contributed by atoms with Gasteiger partial charge in [-0.2, -0.15) is 4.98 Å². The highest BCUT2D eigenvalue weighted by molar-refractivity contribution is 5.26. The Labute approximate surface area is 90.8 Å². The van der Waals surface area contributed by atoms with Crippen LogP contribution in [0.5, 0.6) is 0 Å². The first-order chi connectivity index (χ1) is 7.61. The Balaban J connectivity index is 2.28. The Morgan fingerprint density at radius 1 is 1.75 bits per heavy atom. The van der Waals surface area contributed by atoms with Crippen molar-refractivity contribution < 1.29 is 13.9 Å². The molecule has 2 heterocycles. The lowest BCUT2D eigenvalue weighted by Crippen LogP contribution is -2.29. The summed E-state index contributed by atoms with van der Waals surface area (Å²) in [7, 11) is 0. The first-order valence-electron chi connectivity index (χ1n) is 4.93. The normalized spacial score (nSPS) is 24.9. The molecular formula is C9H12FN3O3. The lowest BCUT2D eigenvalue weighted by Gasteiger charge is -2.12. The first-order valence-corrected chi connectivity index (χ1v) is 4.93. The SMILES string of the molecule is CC[C@H]1OCC(n2cc(F)c(N)nc2=O)O1. The molecule has 1 unspecified atom stereocenters. The third-order valence-electron chi connectivity index (χ3n) is 2.31. The molecule has 1 saturated heterocycles. The monoisotopic (exact) mass is 229 g/mol. The van der Waals surface area contributed by atoms with Gasteiger partial charge < -0.3 is 15.2 Å². The molecular weight excluding hydrogens is 217 g/mol. The maximum atomic E-state index is 13.1. The number of hydrogen-bond donors (Lipinski definition) is 1. The highest BCUT2D eigenvalue weighted by Gasteiger charge is 2.27. The van der Waals surface area contributed by atoms with Gasteiger partial charge in [0.05, 0.1) is 12.8 Å². The molecule has 0 amide bonds. The zero-order valence-electron chi connectivity index (χ0n) is 8.72. The number of hydrogen-bond acceptors (Lipinski definition) is 5. The molecule has 7 heteroatoms. The second-order valence-electron chi connectivity index (χ2n) is 3.43. The molecule has 0 radical (unpaired) electrons. The smallest absolute Gasteiger partial charge is 0.351 e. The van der Waals surface area contributed by atoms with Crippen LogP contribution in [0.4, 0.5) is 10.2 Å². The number of aromatic nitrogens is 2. The molecule has 6 nitrogen and oxygen atoms in total. The Morgan fingerprint density at radius 2 is 2.50 bits per heavy atom. The van der Waals surface area contributed by atoms with E-state index in [9.17, 15) is 9.18 Å². The first kappa shape index (κ1) is 11.0. The summed E-state index contributed by atoms with van der Waals surface area (Å²) >= 11 is 0. The predicted octanol–water partition coefficient (Wildman–Crippen LogP) is 0.246. The van der Waals surface area contributed by atoms with E-state index in [0.717, 1.165) is 10.8 Å². The van der Waals surface area contributed by atoms with Crippen molar-refractivity contribution >= 4 is 5.82 Å². The molecule has 0 bridgehead atoms. The number of halogens is 1. The highest BCUT2D eigenvalue weighted by atomic mass is 19.1. The molecule has 1 aliphatic rings. The van der Waals surface area contributed by atoms with Crippen molar-refractivity contribution in [3.63, 3.8) is 0 Å². The Kier molecular flexibility index (Phi) is 2.88. The summed E-state index contributed by atoms with van der Waals surface area (Å²) in [6.07, 6.45) is 0.643. The van der Waals surface area contributed by atoms with Gasteiger partial charge in [-0.15, -0.1) is 0 Å². The van der Waals surface area contributed by atoms with Gasteiger partial charge in [-0.3, -0.25) is 4.57 Å². The van der Waals surface area contributed by atoms with Gasteiger partial charge in [0.2, 0.25) is 0 Å². The van der Waals surface area contributed by atoms with Crippen molar-refractivity contribution in [3.05, 3.63) is 22.5 Å². The van der Waals surface area contributed by atoms with Crippen LogP contribution in [-0.4, -0.2) is 22.4 Å². The van der Waals surface area contributed by atoms with E-state index in [1.54, 1.807) is 0 Å². The summed E-state index contributed by atoms with van der Waals surface area (Å²) in [6, 6.07) is 0. The number of nitrogen functional groups attached to an aromatic ring is 1. The van der Waals surface area contributed by atoms with Gasteiger partial charge in [0.25, 0.3) is 0 Å². The summed E-state index contributed by atoms with van der Waals surface area (Å²) in [6.45, 7) is 2.08. The van der Waals surface area contributed by atoms with Crippen molar-refractivity contribution in [2.45, 2.75) is 25.9 Å². The molecule has 1 aromatic heterocycles. The minimum atomic E-state index is -0.747. The van der Waals surface area contributed by atoms with Gasteiger partial charge >= 0.3 is 5.69 Å². The number of rotatable bonds is 2. The van der Waals surface area contributed by atoms with Crippen molar-refractivity contribution in [2.75, 3.05) is 12.3 Å². The van der Waals surface area contributed by atoms with Crippen molar-refractivity contribution in [2.24, 2.45) is 0 Å². The maximum absolute atomic E-state index is 13.1. The standard InChI is InChI=1S/C9H12FN3O3/c1-2-7-15-4-6(16-7)13-3-5(10)8(11)12-9(13)14/h3,6-7H,2,4H2,1H3,(H2,11,12,14)/t6?,7-/m0/s1. The van der Waals surface area contributed by atoms with Crippen LogP contribution in [0, 0.1) is 5.82 Å². The molecule has 1 fully saturated rings. The van der Waals surface area contributed by atoms with E-state index < -0.39 is 23.6 Å². The Morgan fingerprint density at radius 3 is 3.12 bits per heavy atom. The van der Waals surface area contributed by atoms with Gasteiger partial charge in [-0.05, 0) is 6.42 Å². The molecule has 2 N–H and O–H groups in total. The molecule has 0 spiro atoms. The second-order valence-corrected chi connectivity index (χ2v) is 3.43. The van der Waals surface area contributed by atoms with E-state index in [-0.39, 0.29) is 12.9 Å². The van der Waals surface area contributed by atoms with Crippen LogP contribution in [0.2, 0.25) is 0 Å². The van der Waals surface area contributed by atoms with Crippen molar-refractivity contribution in [1.29, 1.82) is 0 Å².